The summed E-state index contributed by atoms with van der Waals surface area (Å²) >= 11 is 27.3. The van der Waals surface area contributed by atoms with E-state index >= 15 is 0 Å². The van der Waals surface area contributed by atoms with E-state index in [4.69, 9.17) is 46.4 Å². The monoisotopic (exact) mass is 1050 g/mol. The van der Waals surface area contributed by atoms with E-state index in [0.29, 0.717) is 51.3 Å². The topological polar surface area (TPSA) is 57.7 Å². The molecular weight excluding hydrogens is 979 g/mol. The molecule has 2 aliphatic rings. The zero-order valence-corrected chi connectivity index (χ0v) is 46.9. The fourth-order valence-corrected chi connectivity index (χ4v) is 13.4. The fraction of sp³-hybridized carbons (Fsp3) is 0.483. The second-order valence-electron chi connectivity index (χ2n) is 20.9. The lowest BCUT2D eigenvalue weighted by atomic mass is 9.67. The Balaban J connectivity index is 0.000000258. The van der Waals surface area contributed by atoms with E-state index in [9.17, 15) is 13.8 Å². The SMILES string of the molecule is C=CC[C@@]1(C)C[C@H](c2cccc(Cl)c2)[C@@H](c2ccc(Cl)cc2)N([C@H](CS(=O)C(C)C)C(C)C)C1=O.C=CC[C@@]1(C)C[C@H](c2cccc(Cl)c2)[C@@H](c2ccc(Cl)cc2)N([C@H](CSC(C)C)C(C)C)C1=O. The third-order valence-electron chi connectivity index (χ3n) is 14.1. The number of carbonyl (C=O) groups is 2. The highest BCUT2D eigenvalue weighted by molar-refractivity contribution is 7.99. The number of hydrogen-bond acceptors (Lipinski definition) is 4. The van der Waals surface area contributed by atoms with Crippen molar-refractivity contribution in [3.63, 3.8) is 0 Å². The van der Waals surface area contributed by atoms with Crippen LogP contribution in [-0.2, 0) is 20.4 Å². The first-order valence-corrected chi connectivity index (χ1v) is 28.4. The number of likely N-dealkylation sites (tertiary alicyclic amines) is 2. The molecule has 2 fully saturated rings. The summed E-state index contributed by atoms with van der Waals surface area (Å²) in [5, 5.41) is 3.26. The lowest BCUT2D eigenvalue weighted by molar-refractivity contribution is -0.155. The van der Waals surface area contributed by atoms with Gasteiger partial charge in [-0.1, -0.05) is 176 Å². The molecule has 4 aromatic rings. The fourth-order valence-electron chi connectivity index (χ4n) is 10.3. The van der Waals surface area contributed by atoms with E-state index in [1.807, 2.05) is 116 Å². The quantitative estimate of drug-likeness (QED) is 0.0932. The average molecular weight is 1050 g/mol. The Labute approximate surface area is 441 Å². The third-order valence-corrected chi connectivity index (χ3v) is 18.0. The molecule has 4 aromatic carbocycles. The number of amides is 2. The van der Waals surface area contributed by atoms with Gasteiger partial charge in [0.1, 0.15) is 0 Å². The highest BCUT2D eigenvalue weighted by Crippen LogP contribution is 2.54. The van der Waals surface area contributed by atoms with Gasteiger partial charge in [-0.15, -0.1) is 13.2 Å². The van der Waals surface area contributed by atoms with Crippen LogP contribution in [0.4, 0.5) is 0 Å². The largest absolute Gasteiger partial charge is 0.330 e. The summed E-state index contributed by atoms with van der Waals surface area (Å²) in [4.78, 5) is 33.0. The molecule has 0 aromatic heterocycles. The van der Waals surface area contributed by atoms with Gasteiger partial charge in [0.05, 0.1) is 22.9 Å². The lowest BCUT2D eigenvalue weighted by Gasteiger charge is -2.53. The number of benzene rings is 4. The third kappa shape index (κ3) is 13.9. The van der Waals surface area contributed by atoms with Gasteiger partial charge in [0.25, 0.3) is 0 Å². The summed E-state index contributed by atoms with van der Waals surface area (Å²) < 4.78 is 13.1. The van der Waals surface area contributed by atoms with Crippen molar-refractivity contribution in [2.75, 3.05) is 11.5 Å². The maximum absolute atomic E-state index is 14.4. The number of piperidine rings is 2. The van der Waals surface area contributed by atoms with Gasteiger partial charge in [0.15, 0.2) is 0 Å². The molecule has 5 nitrogen and oxygen atoms in total. The maximum Gasteiger partial charge on any atom is 0.229 e. The molecule has 0 aliphatic carbocycles. The van der Waals surface area contributed by atoms with Crippen molar-refractivity contribution in [3.05, 3.63) is 165 Å². The van der Waals surface area contributed by atoms with Crippen LogP contribution < -0.4 is 0 Å². The molecule has 0 spiro atoms. The van der Waals surface area contributed by atoms with E-state index in [2.05, 4.69) is 96.9 Å². The number of rotatable bonds is 18. The van der Waals surface area contributed by atoms with Crippen molar-refractivity contribution in [3.8, 4) is 0 Å². The predicted octanol–water partition coefficient (Wildman–Crippen LogP) is 16.6. The molecule has 2 aliphatic heterocycles. The van der Waals surface area contributed by atoms with Gasteiger partial charge in [-0.3, -0.25) is 13.8 Å². The van der Waals surface area contributed by atoms with Gasteiger partial charge in [-0.25, -0.2) is 0 Å². The van der Waals surface area contributed by atoms with E-state index in [0.717, 1.165) is 33.9 Å². The summed E-state index contributed by atoms with van der Waals surface area (Å²) in [5.41, 5.74) is 3.26. The average Bonchev–Trinajstić information content (AvgIpc) is 3.28. The first-order chi connectivity index (χ1) is 32.5. The number of hydrogen-bond donors (Lipinski definition) is 0. The minimum Gasteiger partial charge on any atom is -0.330 e. The van der Waals surface area contributed by atoms with Crippen LogP contribution in [0.15, 0.2) is 122 Å². The molecule has 0 saturated carbocycles. The van der Waals surface area contributed by atoms with Crippen LogP contribution in [0.2, 0.25) is 20.1 Å². The van der Waals surface area contributed by atoms with Crippen molar-refractivity contribution in [2.45, 2.75) is 141 Å². The van der Waals surface area contributed by atoms with Gasteiger partial charge in [-0.05, 0) is 114 Å². The van der Waals surface area contributed by atoms with Crippen LogP contribution >= 0.6 is 58.2 Å². The second-order valence-corrected chi connectivity index (χ2v) is 26.2. The Bertz CT molecular complexity index is 2390. The molecule has 6 rings (SSSR count). The standard InChI is InChI=1S/C29H37Cl2NO2S.C29H37Cl2NOS/c1-7-15-29(6)17-25(22-9-8-10-24(31)16-22)27(21-11-13-23(30)14-12-21)32(28(29)33)26(19(2)3)18-35(34)20(4)5;1-7-15-29(6)17-25(22-9-8-10-24(31)16-22)27(21-11-13-23(30)14-12-21)32(28(29)33)26(19(2)3)18-34-20(4)5/h7-14,16,19-20,25-27H,1,15,17-18H2,2-6H3;7-14,16,19-20,25-27H,1,15,17-18H2,2-6H3/t25-,26-,27-,29+,35?;25-,26-,27-,29+/m11/s1. The van der Waals surface area contributed by atoms with Crippen molar-refractivity contribution < 1.29 is 13.8 Å². The minimum atomic E-state index is -1.06. The Morgan fingerprint density at radius 3 is 1.33 bits per heavy atom. The zero-order chi connectivity index (χ0) is 51.0. The van der Waals surface area contributed by atoms with Crippen LogP contribution in [0.5, 0.6) is 0 Å². The van der Waals surface area contributed by atoms with Gasteiger partial charge < -0.3 is 9.80 Å². The van der Waals surface area contributed by atoms with Gasteiger partial charge in [-0.2, -0.15) is 11.8 Å². The van der Waals surface area contributed by atoms with Crippen LogP contribution in [0.1, 0.15) is 141 Å². The summed E-state index contributed by atoms with van der Waals surface area (Å²) in [6, 6.07) is 31.5. The van der Waals surface area contributed by atoms with Gasteiger partial charge in [0, 0.05) is 71.6 Å². The number of carbonyl (C=O) groups excluding carboxylic acids is 2. The highest BCUT2D eigenvalue weighted by atomic mass is 35.5. The van der Waals surface area contributed by atoms with Gasteiger partial charge in [0.2, 0.25) is 11.8 Å². The number of allylic oxidation sites excluding steroid dienone is 2. The molecule has 9 atom stereocenters. The van der Waals surface area contributed by atoms with E-state index in [1.54, 1.807) is 0 Å². The normalized spacial score (nSPS) is 24.3. The van der Waals surface area contributed by atoms with Crippen molar-refractivity contribution in [1.82, 2.24) is 9.80 Å². The molecule has 11 heteroatoms. The maximum atomic E-state index is 14.4. The second kappa shape index (κ2) is 25.1. The van der Waals surface area contributed by atoms with Crippen molar-refractivity contribution in [1.29, 1.82) is 0 Å². The first kappa shape index (κ1) is 56.9. The predicted molar refractivity (Wildman–Crippen MR) is 299 cm³/mol. The van der Waals surface area contributed by atoms with E-state index in [-0.39, 0.29) is 59.0 Å². The molecule has 1 unspecified atom stereocenters. The molecule has 2 saturated heterocycles. The Hall–Kier alpha value is -3.04. The Morgan fingerprint density at radius 1 is 0.609 bits per heavy atom. The molecule has 374 valence electrons. The molecule has 0 bridgehead atoms. The molecule has 0 radical (unpaired) electrons. The Morgan fingerprint density at radius 2 is 1.00 bits per heavy atom. The Kier molecular flexibility index (Phi) is 20.7. The molecule has 69 heavy (non-hydrogen) atoms. The summed E-state index contributed by atoms with van der Waals surface area (Å²) in [6.45, 7) is 29.1. The van der Waals surface area contributed by atoms with Crippen LogP contribution in [0, 0.1) is 22.7 Å². The van der Waals surface area contributed by atoms with Crippen molar-refractivity contribution >= 4 is 80.8 Å². The number of halogens is 4. The van der Waals surface area contributed by atoms with Gasteiger partial charge >= 0.3 is 0 Å². The van der Waals surface area contributed by atoms with Crippen LogP contribution in [0.25, 0.3) is 0 Å². The van der Waals surface area contributed by atoms with Crippen LogP contribution in [0.3, 0.4) is 0 Å². The molecule has 0 N–H and O–H groups in total. The van der Waals surface area contributed by atoms with E-state index in [1.165, 1.54) is 5.56 Å². The first-order valence-electron chi connectivity index (χ1n) is 24.4. The summed E-state index contributed by atoms with van der Waals surface area (Å²) in [5.74, 6) is 2.20. The highest BCUT2D eigenvalue weighted by Gasteiger charge is 2.53. The molecular formula is C58H74Cl4N2O3S2. The molecule has 2 amide bonds. The number of nitrogens with zero attached hydrogens (tertiary/aromatic N) is 2. The van der Waals surface area contributed by atoms with E-state index < -0.39 is 21.6 Å². The summed E-state index contributed by atoms with van der Waals surface area (Å²) in [6.07, 6.45) is 6.36. The molecule has 2 heterocycles. The summed E-state index contributed by atoms with van der Waals surface area (Å²) in [7, 11) is -1.06. The smallest absolute Gasteiger partial charge is 0.229 e. The van der Waals surface area contributed by atoms with Crippen molar-refractivity contribution in [2.24, 2.45) is 22.7 Å². The van der Waals surface area contributed by atoms with Crippen LogP contribution in [-0.4, -0.2) is 59.9 Å². The zero-order valence-electron chi connectivity index (χ0n) is 42.3. The lowest BCUT2D eigenvalue weighted by Crippen LogP contribution is -2.58. The minimum absolute atomic E-state index is 0.00580. The number of thioether (sulfide) groups is 1.